The molecule has 0 aliphatic heterocycles. The third-order valence-electron chi connectivity index (χ3n) is 4.76. The van der Waals surface area contributed by atoms with Crippen LogP contribution in [0.5, 0.6) is 0 Å². The Kier molecular flexibility index (Phi) is 5.11. The highest BCUT2D eigenvalue weighted by Crippen LogP contribution is 2.37. The highest BCUT2D eigenvalue weighted by atomic mass is 16.3. The Morgan fingerprint density at radius 2 is 1.20 bits per heavy atom. The summed E-state index contributed by atoms with van der Waals surface area (Å²) in [4.78, 5) is 12.9. The summed E-state index contributed by atoms with van der Waals surface area (Å²) >= 11 is 0. The molecule has 1 N–H and O–H groups in total. The number of carbonyl (C=O) groups excluding carboxylic acids is 1. The molecule has 2 heteroatoms. The van der Waals surface area contributed by atoms with Gasteiger partial charge in [-0.3, -0.25) is 4.79 Å². The lowest BCUT2D eigenvalue weighted by atomic mass is 9.74. The first-order valence-corrected chi connectivity index (χ1v) is 8.52. The number of hydrogen-bond donors (Lipinski definition) is 1. The summed E-state index contributed by atoms with van der Waals surface area (Å²) in [6.07, 6.45) is 0.310. The Labute approximate surface area is 148 Å². The van der Waals surface area contributed by atoms with Gasteiger partial charge in [0.2, 0.25) is 0 Å². The van der Waals surface area contributed by atoms with Crippen LogP contribution in [0.15, 0.2) is 91.0 Å². The van der Waals surface area contributed by atoms with Gasteiger partial charge in [-0.15, -0.1) is 0 Å². The smallest absolute Gasteiger partial charge is 0.143 e. The van der Waals surface area contributed by atoms with Crippen LogP contribution in [0.2, 0.25) is 0 Å². The number of Topliss-reactive ketones (excluding diaryl/α,β-unsaturated/α-hetero) is 1. The Hall–Kier alpha value is -2.71. The van der Waals surface area contributed by atoms with Crippen molar-refractivity contribution in [2.45, 2.75) is 18.9 Å². The standard InChI is InChI=1S/C23H22O2/c1-18(22(24)17-19-11-5-2-6-12-19)23(25,20-13-7-3-8-14-20)21-15-9-4-10-16-21/h2-16,18,25H,17H2,1H3. The molecule has 0 aliphatic rings. The van der Waals surface area contributed by atoms with Gasteiger partial charge >= 0.3 is 0 Å². The average molecular weight is 330 g/mol. The minimum atomic E-state index is -1.35. The molecular weight excluding hydrogens is 308 g/mol. The predicted octanol–water partition coefficient (Wildman–Crippen LogP) is 4.37. The Morgan fingerprint density at radius 1 is 0.800 bits per heavy atom. The fraction of sp³-hybridized carbons (Fsp3) is 0.174. The molecule has 0 aromatic heterocycles. The molecule has 3 rings (SSSR count). The minimum absolute atomic E-state index is 0.0152. The molecule has 1 atom stereocenters. The molecule has 0 aliphatic carbocycles. The zero-order valence-electron chi connectivity index (χ0n) is 14.3. The molecule has 0 saturated carbocycles. The van der Waals surface area contributed by atoms with E-state index in [1.807, 2.05) is 97.9 Å². The van der Waals surface area contributed by atoms with Crippen molar-refractivity contribution in [1.29, 1.82) is 0 Å². The highest BCUT2D eigenvalue weighted by molar-refractivity contribution is 5.85. The van der Waals surface area contributed by atoms with E-state index in [1.54, 1.807) is 0 Å². The average Bonchev–Trinajstić information content (AvgIpc) is 2.69. The van der Waals surface area contributed by atoms with E-state index in [0.717, 1.165) is 16.7 Å². The van der Waals surface area contributed by atoms with Gasteiger partial charge in [0.1, 0.15) is 11.4 Å². The van der Waals surface area contributed by atoms with E-state index in [9.17, 15) is 9.90 Å². The number of carbonyl (C=O) groups is 1. The van der Waals surface area contributed by atoms with Crippen molar-refractivity contribution in [3.05, 3.63) is 108 Å². The molecule has 3 aromatic carbocycles. The van der Waals surface area contributed by atoms with Gasteiger partial charge in [-0.2, -0.15) is 0 Å². The van der Waals surface area contributed by atoms with Crippen LogP contribution in [-0.2, 0) is 16.8 Å². The van der Waals surface area contributed by atoms with Gasteiger partial charge in [0.25, 0.3) is 0 Å². The topological polar surface area (TPSA) is 37.3 Å². The monoisotopic (exact) mass is 330 g/mol. The van der Waals surface area contributed by atoms with E-state index < -0.39 is 11.5 Å². The molecular formula is C23H22O2. The van der Waals surface area contributed by atoms with E-state index in [4.69, 9.17) is 0 Å². The van der Waals surface area contributed by atoms with Crippen LogP contribution in [0.1, 0.15) is 23.6 Å². The summed E-state index contributed by atoms with van der Waals surface area (Å²) < 4.78 is 0. The molecule has 0 saturated heterocycles. The van der Waals surface area contributed by atoms with E-state index in [1.165, 1.54) is 0 Å². The summed E-state index contributed by atoms with van der Waals surface area (Å²) in [5, 5.41) is 11.7. The largest absolute Gasteiger partial charge is 0.380 e. The molecule has 0 spiro atoms. The summed E-state index contributed by atoms with van der Waals surface area (Å²) in [6, 6.07) is 28.5. The quantitative estimate of drug-likeness (QED) is 0.729. The van der Waals surface area contributed by atoms with E-state index in [0.29, 0.717) is 6.42 Å². The fourth-order valence-electron chi connectivity index (χ4n) is 3.23. The normalized spacial score (nSPS) is 12.6. The van der Waals surface area contributed by atoms with Crippen LogP contribution in [0.3, 0.4) is 0 Å². The number of ketones is 1. The van der Waals surface area contributed by atoms with Crippen molar-refractivity contribution in [3.63, 3.8) is 0 Å². The van der Waals surface area contributed by atoms with Gasteiger partial charge in [0, 0.05) is 6.42 Å². The molecule has 0 heterocycles. The highest BCUT2D eigenvalue weighted by Gasteiger charge is 2.41. The maximum Gasteiger partial charge on any atom is 0.143 e. The van der Waals surface area contributed by atoms with Crippen LogP contribution in [0, 0.1) is 5.92 Å². The number of aliphatic hydroxyl groups is 1. The Bertz CT molecular complexity index is 771. The van der Waals surface area contributed by atoms with Crippen molar-refractivity contribution < 1.29 is 9.90 Å². The Morgan fingerprint density at radius 3 is 1.64 bits per heavy atom. The van der Waals surface area contributed by atoms with E-state index >= 15 is 0 Å². The van der Waals surface area contributed by atoms with Crippen LogP contribution < -0.4 is 0 Å². The van der Waals surface area contributed by atoms with Crippen molar-refractivity contribution in [1.82, 2.24) is 0 Å². The predicted molar refractivity (Wildman–Crippen MR) is 100 cm³/mol. The maximum atomic E-state index is 12.9. The van der Waals surface area contributed by atoms with Crippen molar-refractivity contribution in [2.24, 2.45) is 5.92 Å². The first kappa shape index (κ1) is 17.1. The van der Waals surface area contributed by atoms with Gasteiger partial charge in [-0.25, -0.2) is 0 Å². The van der Waals surface area contributed by atoms with Gasteiger partial charge in [0.15, 0.2) is 0 Å². The molecule has 0 bridgehead atoms. The number of hydrogen-bond acceptors (Lipinski definition) is 2. The lowest BCUT2D eigenvalue weighted by molar-refractivity contribution is -0.128. The molecule has 0 amide bonds. The summed E-state index contributed by atoms with van der Waals surface area (Å²) in [5.74, 6) is -0.557. The van der Waals surface area contributed by atoms with Gasteiger partial charge in [-0.05, 0) is 16.7 Å². The summed E-state index contributed by atoms with van der Waals surface area (Å²) in [6.45, 7) is 1.81. The first-order valence-electron chi connectivity index (χ1n) is 8.52. The summed E-state index contributed by atoms with van der Waals surface area (Å²) in [7, 11) is 0. The molecule has 0 radical (unpaired) electrons. The second-order valence-electron chi connectivity index (χ2n) is 6.35. The van der Waals surface area contributed by atoms with Crippen molar-refractivity contribution in [2.75, 3.05) is 0 Å². The van der Waals surface area contributed by atoms with E-state index in [-0.39, 0.29) is 5.78 Å². The molecule has 2 nitrogen and oxygen atoms in total. The van der Waals surface area contributed by atoms with Crippen LogP contribution >= 0.6 is 0 Å². The van der Waals surface area contributed by atoms with Crippen LogP contribution in [0.4, 0.5) is 0 Å². The van der Waals surface area contributed by atoms with Gasteiger partial charge in [0.05, 0.1) is 5.92 Å². The molecule has 0 fully saturated rings. The van der Waals surface area contributed by atoms with Crippen molar-refractivity contribution >= 4 is 5.78 Å². The first-order chi connectivity index (χ1) is 12.1. The number of rotatable bonds is 6. The SMILES string of the molecule is CC(C(=O)Cc1ccccc1)C(O)(c1ccccc1)c1ccccc1. The third kappa shape index (κ3) is 3.54. The molecule has 126 valence electrons. The van der Waals surface area contributed by atoms with Gasteiger partial charge < -0.3 is 5.11 Å². The lowest BCUT2D eigenvalue weighted by Gasteiger charge is -2.34. The van der Waals surface area contributed by atoms with Crippen LogP contribution in [0.25, 0.3) is 0 Å². The third-order valence-corrected chi connectivity index (χ3v) is 4.76. The van der Waals surface area contributed by atoms with Gasteiger partial charge in [-0.1, -0.05) is 97.9 Å². The molecule has 3 aromatic rings. The molecule has 1 unspecified atom stereocenters. The minimum Gasteiger partial charge on any atom is -0.380 e. The molecule has 25 heavy (non-hydrogen) atoms. The second kappa shape index (κ2) is 7.45. The maximum absolute atomic E-state index is 12.9. The summed E-state index contributed by atoms with van der Waals surface area (Å²) in [5.41, 5.74) is 1.07. The zero-order valence-corrected chi connectivity index (χ0v) is 14.3. The second-order valence-corrected chi connectivity index (χ2v) is 6.35. The van der Waals surface area contributed by atoms with Crippen LogP contribution in [-0.4, -0.2) is 10.9 Å². The fourth-order valence-corrected chi connectivity index (χ4v) is 3.23. The van der Waals surface area contributed by atoms with Crippen molar-refractivity contribution in [3.8, 4) is 0 Å². The Balaban J connectivity index is 1.98. The number of benzene rings is 3. The lowest BCUT2D eigenvalue weighted by Crippen LogP contribution is -2.40. The zero-order chi connectivity index (χ0) is 17.7. The van der Waals surface area contributed by atoms with E-state index in [2.05, 4.69) is 0 Å².